The highest BCUT2D eigenvalue weighted by molar-refractivity contribution is 5.84. The third-order valence-electron chi connectivity index (χ3n) is 3.57. The third-order valence-corrected chi connectivity index (χ3v) is 3.57. The van der Waals surface area contributed by atoms with Crippen molar-refractivity contribution in [1.29, 1.82) is 0 Å². The predicted octanol–water partition coefficient (Wildman–Crippen LogP) is 0.551. The number of nitrogens with zero attached hydrogens (tertiary/aromatic N) is 1. The molecule has 0 atom stereocenters. The van der Waals surface area contributed by atoms with Gasteiger partial charge in [0.15, 0.2) is 0 Å². The lowest BCUT2D eigenvalue weighted by Gasteiger charge is -2.42. The van der Waals surface area contributed by atoms with Crippen molar-refractivity contribution in [2.45, 2.75) is 44.6 Å². The first kappa shape index (κ1) is 16.3. The first-order chi connectivity index (χ1) is 9.42. The minimum absolute atomic E-state index is 0.0146. The largest absolute Gasteiger partial charge is 0.481 e. The van der Waals surface area contributed by atoms with Crippen molar-refractivity contribution >= 4 is 17.9 Å². The molecule has 1 rings (SSSR count). The van der Waals surface area contributed by atoms with E-state index in [2.05, 4.69) is 10.6 Å². The van der Waals surface area contributed by atoms with Crippen molar-refractivity contribution in [2.24, 2.45) is 0 Å². The number of hydrogen-bond donors (Lipinski definition) is 3. The molecule has 0 bridgehead atoms. The molecule has 7 heteroatoms. The Morgan fingerprint density at radius 2 is 1.95 bits per heavy atom. The fourth-order valence-electron chi connectivity index (χ4n) is 2.32. The highest BCUT2D eigenvalue weighted by atomic mass is 16.4. The van der Waals surface area contributed by atoms with Crippen LogP contribution in [0.3, 0.4) is 0 Å². The number of hydrogen-bond acceptors (Lipinski definition) is 3. The van der Waals surface area contributed by atoms with E-state index in [1.807, 2.05) is 6.92 Å². The van der Waals surface area contributed by atoms with Gasteiger partial charge in [0.05, 0.1) is 12.0 Å². The van der Waals surface area contributed by atoms with Gasteiger partial charge in [0.25, 0.3) is 0 Å². The van der Waals surface area contributed by atoms with E-state index in [4.69, 9.17) is 5.11 Å². The van der Waals surface area contributed by atoms with Gasteiger partial charge < -0.3 is 20.6 Å². The Kier molecular flexibility index (Phi) is 5.79. The Labute approximate surface area is 118 Å². The summed E-state index contributed by atoms with van der Waals surface area (Å²) in [7, 11) is 1.52. The van der Waals surface area contributed by atoms with Gasteiger partial charge in [-0.1, -0.05) is 6.92 Å². The minimum Gasteiger partial charge on any atom is -0.481 e. The topological polar surface area (TPSA) is 98.7 Å². The Hall–Kier alpha value is -1.79. The highest BCUT2D eigenvalue weighted by Crippen LogP contribution is 2.35. The van der Waals surface area contributed by atoms with E-state index in [0.29, 0.717) is 19.4 Å². The van der Waals surface area contributed by atoms with Crippen molar-refractivity contribution in [1.82, 2.24) is 15.5 Å². The summed E-state index contributed by atoms with van der Waals surface area (Å²) >= 11 is 0. The molecule has 7 nitrogen and oxygen atoms in total. The Morgan fingerprint density at radius 3 is 2.35 bits per heavy atom. The first-order valence-corrected chi connectivity index (χ1v) is 6.92. The molecule has 0 spiro atoms. The quantitative estimate of drug-likeness (QED) is 0.636. The lowest BCUT2D eigenvalue weighted by molar-refractivity contribution is -0.139. The molecule has 1 aliphatic carbocycles. The van der Waals surface area contributed by atoms with Crippen molar-refractivity contribution < 1.29 is 19.5 Å². The van der Waals surface area contributed by atoms with Crippen molar-refractivity contribution in [2.75, 3.05) is 20.1 Å². The average molecular weight is 285 g/mol. The lowest BCUT2D eigenvalue weighted by atomic mass is 9.74. The fraction of sp³-hybridized carbons (Fsp3) is 0.769. The van der Waals surface area contributed by atoms with Crippen LogP contribution in [-0.2, 0) is 9.59 Å². The Bertz CT molecular complexity index is 380. The van der Waals surface area contributed by atoms with Gasteiger partial charge >= 0.3 is 12.0 Å². The van der Waals surface area contributed by atoms with Crippen LogP contribution in [0.2, 0.25) is 0 Å². The van der Waals surface area contributed by atoms with E-state index < -0.39 is 11.5 Å². The molecule has 20 heavy (non-hydrogen) atoms. The number of likely N-dealkylation sites (N-methyl/N-ethyl adjacent to an activating group) is 1. The van der Waals surface area contributed by atoms with Crippen LogP contribution in [-0.4, -0.2) is 53.6 Å². The van der Waals surface area contributed by atoms with Gasteiger partial charge in [-0.3, -0.25) is 9.59 Å². The maximum atomic E-state index is 12.2. The number of rotatable bonds is 7. The van der Waals surface area contributed by atoms with Gasteiger partial charge in [-0.25, -0.2) is 4.79 Å². The molecule has 0 saturated heterocycles. The summed E-state index contributed by atoms with van der Waals surface area (Å²) < 4.78 is 0. The number of carboxylic acids is 1. The number of aliphatic carboxylic acids is 1. The fourth-order valence-corrected chi connectivity index (χ4v) is 2.32. The molecule has 1 fully saturated rings. The van der Waals surface area contributed by atoms with Crippen LogP contribution in [0.4, 0.5) is 4.79 Å². The second-order valence-corrected chi connectivity index (χ2v) is 5.23. The summed E-state index contributed by atoms with van der Waals surface area (Å²) in [4.78, 5) is 35.9. The number of carboxylic acid groups (broad SMARTS) is 1. The molecule has 0 aromatic heterocycles. The summed E-state index contributed by atoms with van der Waals surface area (Å²) in [5.74, 6) is -1.16. The van der Waals surface area contributed by atoms with E-state index in [9.17, 15) is 14.4 Å². The van der Waals surface area contributed by atoms with Crippen LogP contribution in [0, 0.1) is 0 Å². The minimum atomic E-state index is -0.918. The summed E-state index contributed by atoms with van der Waals surface area (Å²) in [6.07, 6.45) is 2.92. The SMILES string of the molecule is CCCN(CC(=O)NC)C(=O)NC1(CC(=O)O)CCC1. The van der Waals surface area contributed by atoms with Crippen LogP contribution < -0.4 is 10.6 Å². The van der Waals surface area contributed by atoms with Crippen LogP contribution in [0.15, 0.2) is 0 Å². The van der Waals surface area contributed by atoms with E-state index in [0.717, 1.165) is 12.8 Å². The average Bonchev–Trinajstić information content (AvgIpc) is 2.34. The second-order valence-electron chi connectivity index (χ2n) is 5.23. The Morgan fingerprint density at radius 1 is 1.30 bits per heavy atom. The van der Waals surface area contributed by atoms with Crippen molar-refractivity contribution in [3.8, 4) is 0 Å². The second kappa shape index (κ2) is 7.12. The Balaban J connectivity index is 2.64. The van der Waals surface area contributed by atoms with E-state index >= 15 is 0 Å². The zero-order valence-electron chi connectivity index (χ0n) is 12.1. The molecule has 0 heterocycles. The first-order valence-electron chi connectivity index (χ1n) is 6.92. The summed E-state index contributed by atoms with van der Waals surface area (Å²) in [6.45, 7) is 2.36. The van der Waals surface area contributed by atoms with Gasteiger partial charge in [-0.15, -0.1) is 0 Å². The van der Waals surface area contributed by atoms with Crippen LogP contribution >= 0.6 is 0 Å². The van der Waals surface area contributed by atoms with Crippen molar-refractivity contribution in [3.05, 3.63) is 0 Å². The van der Waals surface area contributed by atoms with Gasteiger partial charge in [0, 0.05) is 13.6 Å². The molecule has 3 N–H and O–H groups in total. The number of amides is 3. The molecular weight excluding hydrogens is 262 g/mol. The number of carbonyl (C=O) groups is 3. The summed E-state index contributed by atoms with van der Waals surface area (Å²) in [5, 5.41) is 14.2. The molecule has 0 aromatic rings. The standard InChI is InChI=1S/C13H23N3O4/c1-3-7-16(9-10(17)14-2)12(20)15-13(5-4-6-13)8-11(18)19/h3-9H2,1-2H3,(H,14,17)(H,15,20)(H,18,19). The zero-order chi connectivity index (χ0) is 15.2. The number of urea groups is 1. The van der Waals surface area contributed by atoms with Gasteiger partial charge in [0.2, 0.25) is 5.91 Å². The molecule has 114 valence electrons. The number of carbonyl (C=O) groups excluding carboxylic acids is 2. The summed E-state index contributed by atoms with van der Waals surface area (Å²) in [6, 6.07) is -0.364. The smallest absolute Gasteiger partial charge is 0.318 e. The molecule has 3 amide bonds. The monoisotopic (exact) mass is 285 g/mol. The van der Waals surface area contributed by atoms with Gasteiger partial charge in [-0.2, -0.15) is 0 Å². The molecule has 0 unspecified atom stereocenters. The third kappa shape index (κ3) is 4.40. The normalized spacial score (nSPS) is 15.9. The molecular formula is C13H23N3O4. The predicted molar refractivity (Wildman–Crippen MR) is 73.3 cm³/mol. The molecule has 1 saturated carbocycles. The van der Waals surface area contributed by atoms with E-state index in [1.54, 1.807) is 0 Å². The highest BCUT2D eigenvalue weighted by Gasteiger charge is 2.41. The number of nitrogens with one attached hydrogen (secondary N) is 2. The molecule has 0 aromatic carbocycles. The molecule has 1 aliphatic rings. The van der Waals surface area contributed by atoms with Crippen LogP contribution in [0.5, 0.6) is 0 Å². The van der Waals surface area contributed by atoms with E-state index in [-0.39, 0.29) is 24.9 Å². The van der Waals surface area contributed by atoms with Crippen LogP contribution in [0.25, 0.3) is 0 Å². The van der Waals surface area contributed by atoms with Gasteiger partial charge in [0.1, 0.15) is 6.54 Å². The maximum Gasteiger partial charge on any atom is 0.318 e. The molecule has 0 radical (unpaired) electrons. The van der Waals surface area contributed by atoms with Gasteiger partial charge in [-0.05, 0) is 25.7 Å². The summed E-state index contributed by atoms with van der Waals surface area (Å²) in [5.41, 5.74) is -0.641. The van der Waals surface area contributed by atoms with Crippen molar-refractivity contribution in [3.63, 3.8) is 0 Å². The van der Waals surface area contributed by atoms with E-state index in [1.165, 1.54) is 11.9 Å². The van der Waals surface area contributed by atoms with Crippen LogP contribution in [0.1, 0.15) is 39.0 Å². The maximum absolute atomic E-state index is 12.2. The zero-order valence-corrected chi connectivity index (χ0v) is 12.1. The lowest BCUT2D eigenvalue weighted by Crippen LogP contribution is -2.58. The molecule has 0 aliphatic heterocycles.